The number of fused-ring (bicyclic) bond motifs is 3. The molecule has 8 aliphatic carbocycles. The summed E-state index contributed by atoms with van der Waals surface area (Å²) in [6.07, 6.45) is 6.44. The van der Waals surface area contributed by atoms with Gasteiger partial charge in [-0.05, 0) is 109 Å². The van der Waals surface area contributed by atoms with Crippen molar-refractivity contribution in [1.82, 2.24) is 0 Å². The maximum atomic E-state index is 14.0. The van der Waals surface area contributed by atoms with Gasteiger partial charge in [-0.1, -0.05) is 41.5 Å². The van der Waals surface area contributed by atoms with E-state index < -0.39 is 0 Å². The Balaban J connectivity index is 1.34. The molecule has 154 valence electrons. The Labute approximate surface area is 178 Å². The number of carbonyl (C=O) groups is 1. The molecule has 0 saturated heterocycles. The Morgan fingerprint density at radius 3 is 2.57 bits per heavy atom. The highest BCUT2D eigenvalue weighted by molar-refractivity contribution is 5.80. The van der Waals surface area contributed by atoms with E-state index in [1.165, 1.54) is 31.2 Å². The van der Waals surface area contributed by atoms with E-state index in [0.717, 1.165) is 65.6 Å². The van der Waals surface area contributed by atoms with Crippen molar-refractivity contribution in [2.75, 3.05) is 7.11 Å². The summed E-state index contributed by atoms with van der Waals surface area (Å²) in [6, 6.07) is 11.0. The molecule has 0 aliphatic heterocycles. The zero-order chi connectivity index (χ0) is 19.5. The quantitative estimate of drug-likeness (QED) is 0.543. The van der Waals surface area contributed by atoms with Crippen LogP contribution >= 0.6 is 0 Å². The number of rotatable bonds is 3. The number of carbonyl (C=O) groups excluding carboxylic acids is 1. The van der Waals surface area contributed by atoms with Crippen LogP contribution in [-0.2, 0) is 16.0 Å². The molecule has 0 spiro atoms. The molecule has 0 radical (unpaired) electrons. The van der Waals surface area contributed by atoms with Crippen LogP contribution in [0.2, 0.25) is 0 Å². The van der Waals surface area contributed by atoms with Crippen molar-refractivity contribution in [2.45, 2.75) is 32.1 Å². The second-order valence-corrected chi connectivity index (χ2v) is 12.2. The second kappa shape index (κ2) is 4.76. The predicted molar refractivity (Wildman–Crippen MR) is 112 cm³/mol. The summed E-state index contributed by atoms with van der Waals surface area (Å²) in [5.74, 6) is 10.0. The highest BCUT2D eigenvalue weighted by atomic mass is 16.5. The van der Waals surface area contributed by atoms with Crippen molar-refractivity contribution in [3.05, 3.63) is 47.0 Å². The van der Waals surface area contributed by atoms with Gasteiger partial charge in [-0.2, -0.15) is 0 Å². The van der Waals surface area contributed by atoms with Crippen LogP contribution < -0.4 is 0 Å². The first-order chi connectivity index (χ1) is 14.8. The lowest BCUT2D eigenvalue weighted by Gasteiger charge is -2.42. The number of allylic oxidation sites excluding steroid dienone is 2. The molecule has 30 heavy (non-hydrogen) atoms. The van der Waals surface area contributed by atoms with Gasteiger partial charge in [0.05, 0.1) is 12.5 Å². The third kappa shape index (κ3) is 1.33. The minimum absolute atomic E-state index is 0.161. The molecule has 2 nitrogen and oxygen atoms in total. The second-order valence-electron chi connectivity index (χ2n) is 12.2. The van der Waals surface area contributed by atoms with Crippen molar-refractivity contribution in [3.63, 3.8) is 0 Å². The van der Waals surface area contributed by atoms with Crippen LogP contribution in [0.1, 0.15) is 31.2 Å². The molecular weight excluding hydrogens is 368 g/mol. The summed E-state index contributed by atoms with van der Waals surface area (Å²) >= 11 is 0. The molecule has 13 atom stereocenters. The van der Waals surface area contributed by atoms with Crippen LogP contribution in [0.3, 0.4) is 0 Å². The average Bonchev–Trinajstić information content (AvgIpc) is 3.53. The predicted octanol–water partition coefficient (Wildman–Crippen LogP) is 4.75. The molecule has 0 amide bonds. The van der Waals surface area contributed by atoms with Crippen molar-refractivity contribution >= 4 is 5.97 Å². The first kappa shape index (κ1) is 16.1. The lowest BCUT2D eigenvalue weighted by molar-refractivity contribution is -0.162. The van der Waals surface area contributed by atoms with Crippen LogP contribution in [0.25, 0.3) is 0 Å². The maximum Gasteiger partial charge on any atom is 0.312 e. The third-order valence-corrected chi connectivity index (χ3v) is 12.4. The number of hydrogen-bond donors (Lipinski definition) is 0. The summed E-state index contributed by atoms with van der Waals surface area (Å²) in [5.41, 5.74) is 5.07. The van der Waals surface area contributed by atoms with E-state index >= 15 is 0 Å². The fourth-order valence-electron chi connectivity index (χ4n) is 12.8. The number of hydrogen-bond acceptors (Lipinski definition) is 2. The Kier molecular flexibility index (Phi) is 2.56. The van der Waals surface area contributed by atoms with E-state index in [1.807, 2.05) is 11.1 Å². The van der Waals surface area contributed by atoms with Crippen LogP contribution in [0.15, 0.2) is 41.5 Å². The number of benzene rings is 1. The molecule has 0 heterocycles. The molecule has 0 bridgehead atoms. The standard InChI is InChI=1S/C28H30O2/c1-30-27(29)28(11-12-5-3-2-4-6-12)25-15-9-7-13-17-14-8-10-16-19(14)22-20(17)21(18(13)15)23(25)24(22)26(16)28/h2-6,13,15-16,18-26H,7-11H2,1H3/t13-,15+,16+,18+,19-,20+,21+,22-,23-,24+,25+,26+,28+/m0/s1. The fourth-order valence-corrected chi connectivity index (χ4v) is 12.8. The minimum atomic E-state index is -0.259. The Hall–Kier alpha value is -1.57. The Bertz CT molecular complexity index is 1040. The first-order valence-electron chi connectivity index (χ1n) is 12.6. The Morgan fingerprint density at radius 2 is 1.73 bits per heavy atom. The fraction of sp³-hybridized carbons (Fsp3) is 0.679. The molecule has 0 unspecified atom stereocenters. The van der Waals surface area contributed by atoms with Crippen LogP contribution in [-0.4, -0.2) is 13.1 Å². The summed E-state index contributed by atoms with van der Waals surface area (Å²) in [7, 11) is 1.67. The largest absolute Gasteiger partial charge is 0.469 e. The van der Waals surface area contributed by atoms with Gasteiger partial charge in [-0.15, -0.1) is 0 Å². The smallest absolute Gasteiger partial charge is 0.312 e. The highest BCUT2D eigenvalue weighted by Gasteiger charge is 2.86. The maximum absolute atomic E-state index is 14.0. The summed E-state index contributed by atoms with van der Waals surface area (Å²) in [5, 5.41) is 0. The van der Waals surface area contributed by atoms with E-state index in [0.29, 0.717) is 11.8 Å². The van der Waals surface area contributed by atoms with Crippen molar-refractivity contribution in [2.24, 2.45) is 76.4 Å². The van der Waals surface area contributed by atoms with E-state index in [-0.39, 0.29) is 11.4 Å². The number of esters is 1. The van der Waals surface area contributed by atoms with E-state index in [4.69, 9.17) is 4.74 Å². The molecule has 9 rings (SSSR count). The lowest BCUT2D eigenvalue weighted by atomic mass is 9.60. The van der Waals surface area contributed by atoms with Gasteiger partial charge in [0, 0.05) is 0 Å². The van der Waals surface area contributed by atoms with Gasteiger partial charge >= 0.3 is 5.97 Å². The normalized spacial score (nSPS) is 58.6. The van der Waals surface area contributed by atoms with Crippen LogP contribution in [0.4, 0.5) is 0 Å². The SMILES string of the molecule is COC(=O)[C@@]1(Cc2ccccc2)[C@@H]2[C@@H]3CCC4=C5[C@H]6[C@H]([C@@H]43)[C@@H]2[C@@H]2[C@@H]6[C@H]3[C@@H](CC[C@@H]53)[C@H]21. The zero-order valence-electron chi connectivity index (χ0n) is 17.7. The number of methoxy groups -OCH3 is 1. The van der Waals surface area contributed by atoms with E-state index in [9.17, 15) is 4.79 Å². The summed E-state index contributed by atoms with van der Waals surface area (Å²) < 4.78 is 5.77. The van der Waals surface area contributed by atoms with Crippen LogP contribution in [0.5, 0.6) is 0 Å². The number of ether oxygens (including phenoxy) is 1. The van der Waals surface area contributed by atoms with Crippen molar-refractivity contribution in [1.29, 1.82) is 0 Å². The molecule has 7 saturated carbocycles. The zero-order valence-corrected chi connectivity index (χ0v) is 17.7. The molecule has 0 N–H and O–H groups in total. The molecule has 1 aromatic carbocycles. The van der Waals surface area contributed by atoms with E-state index in [2.05, 4.69) is 30.3 Å². The van der Waals surface area contributed by atoms with Gasteiger partial charge in [0.15, 0.2) is 0 Å². The lowest BCUT2D eigenvalue weighted by Crippen LogP contribution is -2.48. The van der Waals surface area contributed by atoms with Gasteiger partial charge in [0.1, 0.15) is 0 Å². The van der Waals surface area contributed by atoms with Gasteiger partial charge in [-0.25, -0.2) is 0 Å². The van der Waals surface area contributed by atoms with Gasteiger partial charge in [-0.3, -0.25) is 4.79 Å². The van der Waals surface area contributed by atoms with Gasteiger partial charge in [0.2, 0.25) is 0 Å². The molecule has 8 aliphatic rings. The topological polar surface area (TPSA) is 26.3 Å². The summed E-state index contributed by atoms with van der Waals surface area (Å²) in [6.45, 7) is 0. The Morgan fingerprint density at radius 1 is 0.933 bits per heavy atom. The van der Waals surface area contributed by atoms with Gasteiger partial charge in [0.25, 0.3) is 0 Å². The molecule has 1 aromatic rings. The monoisotopic (exact) mass is 398 g/mol. The highest BCUT2D eigenvalue weighted by Crippen LogP contribution is 2.89. The van der Waals surface area contributed by atoms with Crippen molar-refractivity contribution in [3.8, 4) is 0 Å². The molecule has 0 aromatic heterocycles. The van der Waals surface area contributed by atoms with Crippen LogP contribution in [0, 0.1) is 76.4 Å². The third-order valence-electron chi connectivity index (χ3n) is 12.4. The van der Waals surface area contributed by atoms with Gasteiger partial charge < -0.3 is 4.74 Å². The first-order valence-corrected chi connectivity index (χ1v) is 12.6. The summed E-state index contributed by atoms with van der Waals surface area (Å²) in [4.78, 5) is 14.0. The van der Waals surface area contributed by atoms with E-state index in [1.54, 1.807) is 7.11 Å². The molecule has 2 heteroatoms. The minimum Gasteiger partial charge on any atom is -0.469 e. The molecule has 7 fully saturated rings. The van der Waals surface area contributed by atoms with Crippen molar-refractivity contribution < 1.29 is 9.53 Å². The average molecular weight is 399 g/mol. The molecular formula is C28H30O2.